The van der Waals surface area contributed by atoms with Gasteiger partial charge in [0.25, 0.3) is 0 Å². The molecule has 1 fully saturated rings. The molecule has 0 aromatic heterocycles. The Morgan fingerprint density at radius 1 is 1.47 bits per heavy atom. The van der Waals surface area contributed by atoms with Gasteiger partial charge in [-0.1, -0.05) is 12.1 Å². The Morgan fingerprint density at radius 3 is 3.13 bits per heavy atom. The summed E-state index contributed by atoms with van der Waals surface area (Å²) >= 11 is 0. The molecule has 82 valence electrons. The number of nitrogens with one attached hydrogen (secondary N) is 1. The minimum absolute atomic E-state index is 0.408. The highest BCUT2D eigenvalue weighted by molar-refractivity contribution is 5.40. The molecule has 0 saturated carbocycles. The van der Waals surface area contributed by atoms with Crippen LogP contribution in [0.4, 0.5) is 5.69 Å². The Hall–Kier alpha value is -1.06. The van der Waals surface area contributed by atoms with Crippen LogP contribution in [0.25, 0.3) is 0 Å². The summed E-state index contributed by atoms with van der Waals surface area (Å²) in [7, 11) is 0. The molecular weight excluding hydrogens is 188 g/mol. The van der Waals surface area contributed by atoms with Crippen LogP contribution in [-0.2, 0) is 11.3 Å². The fraction of sp³-hybridized carbons (Fsp3) is 0.500. The molecule has 2 rings (SSSR count). The molecule has 1 saturated heterocycles. The summed E-state index contributed by atoms with van der Waals surface area (Å²) in [4.78, 5) is 0. The third-order valence-corrected chi connectivity index (χ3v) is 2.68. The summed E-state index contributed by atoms with van der Waals surface area (Å²) in [6.45, 7) is 2.73. The van der Waals surface area contributed by atoms with Gasteiger partial charge >= 0.3 is 0 Å². The van der Waals surface area contributed by atoms with Crippen LogP contribution >= 0.6 is 0 Å². The highest BCUT2D eigenvalue weighted by atomic mass is 16.5. The molecule has 0 radical (unpaired) electrons. The third kappa shape index (κ3) is 3.22. The lowest BCUT2D eigenvalue weighted by atomic mass is 10.2. The average Bonchev–Trinajstić information content (AvgIpc) is 2.71. The maximum Gasteiger partial charge on any atom is 0.0700 e. The second kappa shape index (κ2) is 5.14. The van der Waals surface area contributed by atoms with Crippen LogP contribution < -0.4 is 11.1 Å². The zero-order chi connectivity index (χ0) is 10.5. The topological polar surface area (TPSA) is 47.3 Å². The molecule has 3 nitrogen and oxygen atoms in total. The quantitative estimate of drug-likeness (QED) is 0.735. The largest absolute Gasteiger partial charge is 0.399 e. The average molecular weight is 206 g/mol. The van der Waals surface area contributed by atoms with Crippen molar-refractivity contribution in [1.29, 1.82) is 0 Å². The van der Waals surface area contributed by atoms with Gasteiger partial charge in [0.15, 0.2) is 0 Å². The highest BCUT2D eigenvalue weighted by Crippen LogP contribution is 2.11. The van der Waals surface area contributed by atoms with Gasteiger partial charge in [0.2, 0.25) is 0 Å². The molecule has 0 amide bonds. The number of hydrogen-bond acceptors (Lipinski definition) is 3. The second-order valence-corrected chi connectivity index (χ2v) is 4.01. The second-order valence-electron chi connectivity index (χ2n) is 4.01. The van der Waals surface area contributed by atoms with Gasteiger partial charge in [0.05, 0.1) is 6.10 Å². The van der Waals surface area contributed by atoms with Crippen LogP contribution in [0, 0.1) is 0 Å². The molecule has 1 unspecified atom stereocenters. The summed E-state index contributed by atoms with van der Waals surface area (Å²) in [5, 5.41) is 3.39. The van der Waals surface area contributed by atoms with Crippen molar-refractivity contribution < 1.29 is 4.74 Å². The van der Waals surface area contributed by atoms with Gasteiger partial charge in [0.1, 0.15) is 0 Å². The van der Waals surface area contributed by atoms with Crippen LogP contribution in [0.5, 0.6) is 0 Å². The molecule has 0 bridgehead atoms. The minimum atomic E-state index is 0.408. The van der Waals surface area contributed by atoms with Crippen molar-refractivity contribution in [3.63, 3.8) is 0 Å². The minimum Gasteiger partial charge on any atom is -0.399 e. The van der Waals surface area contributed by atoms with E-state index >= 15 is 0 Å². The highest BCUT2D eigenvalue weighted by Gasteiger charge is 2.14. The number of nitrogens with two attached hydrogens (primary N) is 1. The fourth-order valence-corrected chi connectivity index (χ4v) is 1.89. The van der Waals surface area contributed by atoms with Crippen LogP contribution in [-0.4, -0.2) is 19.3 Å². The number of nitrogen functional groups attached to an aromatic ring is 1. The lowest BCUT2D eigenvalue weighted by Crippen LogP contribution is -2.25. The third-order valence-electron chi connectivity index (χ3n) is 2.68. The first kappa shape index (κ1) is 10.5. The Balaban J connectivity index is 1.73. The van der Waals surface area contributed by atoms with Gasteiger partial charge in [-0.25, -0.2) is 0 Å². The number of anilines is 1. The van der Waals surface area contributed by atoms with Gasteiger partial charge in [-0.2, -0.15) is 0 Å². The van der Waals surface area contributed by atoms with Crippen LogP contribution in [0.3, 0.4) is 0 Å². The van der Waals surface area contributed by atoms with Gasteiger partial charge in [-0.05, 0) is 30.5 Å². The standard InChI is InChI=1S/C12H18N2O/c13-11-4-1-3-10(7-11)8-14-9-12-5-2-6-15-12/h1,3-4,7,12,14H,2,5-6,8-9,13H2. The van der Waals surface area contributed by atoms with Gasteiger partial charge in [-0.3, -0.25) is 0 Å². The maximum absolute atomic E-state index is 5.70. The zero-order valence-corrected chi connectivity index (χ0v) is 8.91. The number of ether oxygens (including phenoxy) is 1. The van der Waals surface area contributed by atoms with E-state index in [1.54, 1.807) is 0 Å². The van der Waals surface area contributed by atoms with E-state index in [0.29, 0.717) is 6.10 Å². The van der Waals surface area contributed by atoms with Crippen molar-refractivity contribution in [3.8, 4) is 0 Å². The molecule has 3 N–H and O–H groups in total. The molecule has 0 spiro atoms. The van der Waals surface area contributed by atoms with Gasteiger partial charge < -0.3 is 15.8 Å². The molecule has 15 heavy (non-hydrogen) atoms. The molecule has 1 atom stereocenters. The number of rotatable bonds is 4. The number of benzene rings is 1. The molecule has 0 aliphatic carbocycles. The maximum atomic E-state index is 5.70. The van der Waals surface area contributed by atoms with Crippen molar-refractivity contribution >= 4 is 5.69 Å². The van der Waals surface area contributed by atoms with Gasteiger partial charge in [0, 0.05) is 25.4 Å². The zero-order valence-electron chi connectivity index (χ0n) is 8.91. The lowest BCUT2D eigenvalue weighted by molar-refractivity contribution is 0.110. The molecular formula is C12H18N2O. The first-order valence-electron chi connectivity index (χ1n) is 5.51. The first-order chi connectivity index (χ1) is 7.34. The molecule has 1 aromatic rings. The van der Waals surface area contributed by atoms with Gasteiger partial charge in [-0.15, -0.1) is 0 Å². The Bertz CT molecular complexity index is 308. The first-order valence-corrected chi connectivity index (χ1v) is 5.51. The SMILES string of the molecule is Nc1cccc(CNCC2CCCO2)c1. The Kier molecular flexibility index (Phi) is 3.59. The molecule has 1 aromatic carbocycles. The van der Waals surface area contributed by atoms with Crippen LogP contribution in [0.1, 0.15) is 18.4 Å². The van der Waals surface area contributed by atoms with Crippen molar-refractivity contribution in [1.82, 2.24) is 5.32 Å². The smallest absolute Gasteiger partial charge is 0.0700 e. The Labute approximate surface area is 90.6 Å². The summed E-state index contributed by atoms with van der Waals surface area (Å²) in [6, 6.07) is 7.98. The van der Waals surface area contributed by atoms with E-state index in [2.05, 4.69) is 11.4 Å². The van der Waals surface area contributed by atoms with Crippen molar-refractivity contribution in [2.75, 3.05) is 18.9 Å². The van der Waals surface area contributed by atoms with E-state index in [1.165, 1.54) is 18.4 Å². The predicted octanol–water partition coefficient (Wildman–Crippen LogP) is 1.54. The van der Waals surface area contributed by atoms with E-state index in [-0.39, 0.29) is 0 Å². The normalized spacial score (nSPS) is 20.7. The van der Waals surface area contributed by atoms with E-state index in [4.69, 9.17) is 10.5 Å². The fourth-order valence-electron chi connectivity index (χ4n) is 1.89. The summed E-state index contributed by atoms with van der Waals surface area (Å²) in [6.07, 6.45) is 2.79. The summed E-state index contributed by atoms with van der Waals surface area (Å²) in [5.74, 6) is 0. The molecule has 1 heterocycles. The van der Waals surface area contributed by atoms with Crippen molar-refractivity contribution in [3.05, 3.63) is 29.8 Å². The molecule has 3 heteroatoms. The van der Waals surface area contributed by atoms with Crippen molar-refractivity contribution in [2.24, 2.45) is 0 Å². The molecule has 1 aliphatic rings. The predicted molar refractivity (Wildman–Crippen MR) is 61.5 cm³/mol. The van der Waals surface area contributed by atoms with E-state index in [0.717, 1.165) is 25.4 Å². The van der Waals surface area contributed by atoms with E-state index < -0.39 is 0 Å². The Morgan fingerprint density at radius 2 is 2.40 bits per heavy atom. The van der Waals surface area contributed by atoms with E-state index in [1.807, 2.05) is 18.2 Å². The molecule has 1 aliphatic heterocycles. The summed E-state index contributed by atoms with van der Waals surface area (Å²) in [5.41, 5.74) is 7.76. The van der Waals surface area contributed by atoms with Crippen molar-refractivity contribution in [2.45, 2.75) is 25.5 Å². The summed E-state index contributed by atoms with van der Waals surface area (Å²) < 4.78 is 5.53. The van der Waals surface area contributed by atoms with E-state index in [9.17, 15) is 0 Å². The lowest BCUT2D eigenvalue weighted by Gasteiger charge is -2.10. The van der Waals surface area contributed by atoms with Crippen LogP contribution in [0.2, 0.25) is 0 Å². The number of hydrogen-bond donors (Lipinski definition) is 2. The van der Waals surface area contributed by atoms with Crippen LogP contribution in [0.15, 0.2) is 24.3 Å². The monoisotopic (exact) mass is 206 g/mol.